The lowest BCUT2D eigenvalue weighted by Crippen LogP contribution is -2.42. The first kappa shape index (κ1) is 17.7. The predicted octanol–water partition coefficient (Wildman–Crippen LogP) is -1.53. The van der Waals surface area contributed by atoms with Crippen LogP contribution in [-0.2, 0) is 0 Å². The highest BCUT2D eigenvalue weighted by atomic mass is 16.3. The van der Waals surface area contributed by atoms with Crippen LogP contribution in [0.5, 0.6) is 0 Å². The fraction of sp³-hybridized carbons (Fsp3) is 0.333. The summed E-state index contributed by atoms with van der Waals surface area (Å²) in [5.74, 6) is -2.22. The predicted molar refractivity (Wildman–Crippen MR) is 79.5 cm³/mol. The summed E-state index contributed by atoms with van der Waals surface area (Å²) >= 11 is 0. The summed E-state index contributed by atoms with van der Waals surface area (Å²) < 4.78 is 0. The summed E-state index contributed by atoms with van der Waals surface area (Å²) in [6.07, 6.45) is 0.369. The van der Waals surface area contributed by atoms with Crippen molar-refractivity contribution < 1.29 is 34.5 Å². The molecule has 1 aliphatic rings. The highest BCUT2D eigenvalue weighted by molar-refractivity contribution is 6.22. The summed E-state index contributed by atoms with van der Waals surface area (Å²) in [6.45, 7) is -1.80. The molecule has 1 aliphatic heterocycles. The zero-order chi connectivity index (χ0) is 18.0. The van der Waals surface area contributed by atoms with Gasteiger partial charge in [-0.1, -0.05) is 0 Å². The highest BCUT2D eigenvalue weighted by Crippen LogP contribution is 2.26. The Bertz CT molecular complexity index is 712. The Labute approximate surface area is 136 Å². The molecule has 3 amide bonds. The van der Waals surface area contributed by atoms with E-state index in [1.165, 1.54) is 7.05 Å². The molecular formula is C15H16N2O7. The van der Waals surface area contributed by atoms with Crippen molar-refractivity contribution in [1.82, 2.24) is 9.80 Å². The number of hydrogen-bond acceptors (Lipinski definition) is 7. The molecule has 24 heavy (non-hydrogen) atoms. The standard InChI is InChI=1S/C15H16N2O7/c1-16(9(5-19)6-20)13(22)10-3-12-11(2-8(10)4-18)14(23)17(7-21)15(12)24/h2-4,9,19-21H,5-7H2,1H3. The lowest BCUT2D eigenvalue weighted by atomic mass is 9.99. The largest absolute Gasteiger partial charge is 0.394 e. The van der Waals surface area contributed by atoms with Crippen LogP contribution in [-0.4, -0.2) is 82.2 Å². The van der Waals surface area contributed by atoms with E-state index in [-0.39, 0.29) is 22.3 Å². The number of aliphatic hydroxyl groups excluding tert-OH is 3. The van der Waals surface area contributed by atoms with Crippen LogP contribution >= 0.6 is 0 Å². The molecule has 1 aromatic carbocycles. The van der Waals surface area contributed by atoms with E-state index in [1.54, 1.807) is 0 Å². The van der Waals surface area contributed by atoms with Gasteiger partial charge in [0.15, 0.2) is 6.29 Å². The molecule has 9 heteroatoms. The topological polar surface area (TPSA) is 135 Å². The average Bonchev–Trinajstić information content (AvgIpc) is 2.83. The number of carbonyl (C=O) groups is 4. The number of rotatable bonds is 6. The van der Waals surface area contributed by atoms with Gasteiger partial charge in [0.2, 0.25) is 0 Å². The molecule has 0 radical (unpaired) electrons. The molecule has 0 saturated heterocycles. The van der Waals surface area contributed by atoms with Crippen molar-refractivity contribution in [3.63, 3.8) is 0 Å². The summed E-state index contributed by atoms with van der Waals surface area (Å²) in [6, 6.07) is 1.35. The summed E-state index contributed by atoms with van der Waals surface area (Å²) in [7, 11) is 1.33. The van der Waals surface area contributed by atoms with Crippen molar-refractivity contribution in [1.29, 1.82) is 0 Å². The second-order valence-electron chi connectivity index (χ2n) is 5.22. The fourth-order valence-corrected chi connectivity index (χ4v) is 2.42. The Kier molecular flexibility index (Phi) is 5.07. The first-order valence-electron chi connectivity index (χ1n) is 7.00. The molecule has 3 N–H and O–H groups in total. The van der Waals surface area contributed by atoms with Crippen LogP contribution in [0, 0.1) is 0 Å². The van der Waals surface area contributed by atoms with Gasteiger partial charge in [0.25, 0.3) is 17.7 Å². The molecule has 0 bridgehead atoms. The number of fused-ring (bicyclic) bond motifs is 1. The molecule has 2 rings (SSSR count). The summed E-state index contributed by atoms with van der Waals surface area (Å²) in [4.78, 5) is 49.5. The highest BCUT2D eigenvalue weighted by Gasteiger charge is 2.37. The molecular weight excluding hydrogens is 320 g/mol. The SMILES string of the molecule is CN(C(=O)c1cc2c(cc1C=O)C(=O)N(CO)C2=O)C(CO)CO. The number of imide groups is 1. The maximum Gasteiger partial charge on any atom is 0.263 e. The minimum atomic E-state index is -0.878. The van der Waals surface area contributed by atoms with Crippen LogP contribution in [0.4, 0.5) is 0 Å². The number of aliphatic hydroxyl groups is 3. The van der Waals surface area contributed by atoms with Crippen molar-refractivity contribution in [3.05, 3.63) is 34.4 Å². The molecule has 0 aromatic heterocycles. The van der Waals surface area contributed by atoms with E-state index in [0.29, 0.717) is 11.2 Å². The maximum atomic E-state index is 12.5. The van der Waals surface area contributed by atoms with Gasteiger partial charge < -0.3 is 20.2 Å². The van der Waals surface area contributed by atoms with Gasteiger partial charge in [-0.15, -0.1) is 0 Å². The Morgan fingerprint density at radius 1 is 1.17 bits per heavy atom. The van der Waals surface area contributed by atoms with Gasteiger partial charge in [-0.3, -0.25) is 24.1 Å². The lowest BCUT2D eigenvalue weighted by molar-refractivity contribution is 0.0489. The third-order valence-corrected chi connectivity index (χ3v) is 3.93. The van der Waals surface area contributed by atoms with Crippen LogP contribution < -0.4 is 0 Å². The average molecular weight is 336 g/mol. The van der Waals surface area contributed by atoms with Crippen LogP contribution in [0.3, 0.4) is 0 Å². The van der Waals surface area contributed by atoms with Crippen molar-refractivity contribution in [3.8, 4) is 0 Å². The number of amides is 3. The van der Waals surface area contributed by atoms with E-state index in [4.69, 9.17) is 15.3 Å². The zero-order valence-corrected chi connectivity index (χ0v) is 12.8. The van der Waals surface area contributed by atoms with E-state index in [2.05, 4.69) is 0 Å². The van der Waals surface area contributed by atoms with Gasteiger partial charge in [0.05, 0.1) is 35.9 Å². The Morgan fingerprint density at radius 3 is 2.17 bits per heavy atom. The number of carbonyl (C=O) groups excluding carboxylic acids is 4. The number of nitrogens with zero attached hydrogens (tertiary/aromatic N) is 2. The van der Waals surface area contributed by atoms with E-state index < -0.39 is 43.7 Å². The Hall–Kier alpha value is -2.62. The normalized spacial score (nSPS) is 13.5. The second-order valence-corrected chi connectivity index (χ2v) is 5.22. The smallest absolute Gasteiger partial charge is 0.263 e. The number of hydrogen-bond donors (Lipinski definition) is 3. The Balaban J connectivity index is 2.52. The molecule has 0 spiro atoms. The number of benzene rings is 1. The molecule has 0 aliphatic carbocycles. The fourth-order valence-electron chi connectivity index (χ4n) is 2.42. The minimum absolute atomic E-state index is 0.0729. The number of aldehydes is 1. The van der Waals surface area contributed by atoms with Crippen LogP contribution in [0.1, 0.15) is 41.4 Å². The van der Waals surface area contributed by atoms with Crippen molar-refractivity contribution in [2.75, 3.05) is 27.0 Å². The minimum Gasteiger partial charge on any atom is -0.394 e. The van der Waals surface area contributed by atoms with Gasteiger partial charge in [0.1, 0.15) is 6.73 Å². The van der Waals surface area contributed by atoms with Gasteiger partial charge in [-0.2, -0.15) is 0 Å². The lowest BCUT2D eigenvalue weighted by Gasteiger charge is -2.25. The third-order valence-electron chi connectivity index (χ3n) is 3.93. The van der Waals surface area contributed by atoms with Gasteiger partial charge in [-0.25, -0.2) is 0 Å². The van der Waals surface area contributed by atoms with Crippen molar-refractivity contribution >= 4 is 24.0 Å². The first-order chi connectivity index (χ1) is 11.4. The van der Waals surface area contributed by atoms with Gasteiger partial charge in [-0.05, 0) is 12.1 Å². The molecule has 0 fully saturated rings. The van der Waals surface area contributed by atoms with Gasteiger partial charge >= 0.3 is 0 Å². The first-order valence-corrected chi connectivity index (χ1v) is 7.00. The summed E-state index contributed by atoms with van der Waals surface area (Å²) in [5, 5.41) is 27.4. The summed E-state index contributed by atoms with van der Waals surface area (Å²) in [5.41, 5.74) is -0.419. The zero-order valence-electron chi connectivity index (χ0n) is 12.8. The molecule has 1 heterocycles. The maximum absolute atomic E-state index is 12.5. The van der Waals surface area contributed by atoms with E-state index in [1.807, 2.05) is 0 Å². The molecule has 1 aromatic rings. The second kappa shape index (κ2) is 6.87. The monoisotopic (exact) mass is 336 g/mol. The van der Waals surface area contributed by atoms with Crippen molar-refractivity contribution in [2.24, 2.45) is 0 Å². The molecule has 9 nitrogen and oxygen atoms in total. The van der Waals surface area contributed by atoms with Crippen LogP contribution in [0.15, 0.2) is 12.1 Å². The molecule has 0 atom stereocenters. The Morgan fingerprint density at radius 2 is 1.71 bits per heavy atom. The molecule has 0 unspecified atom stereocenters. The molecule has 0 saturated carbocycles. The van der Waals surface area contributed by atoms with Gasteiger partial charge in [0, 0.05) is 12.6 Å². The van der Waals surface area contributed by atoms with Crippen LogP contribution in [0.25, 0.3) is 0 Å². The van der Waals surface area contributed by atoms with E-state index in [9.17, 15) is 19.2 Å². The quantitative estimate of drug-likeness (QED) is 0.423. The van der Waals surface area contributed by atoms with E-state index in [0.717, 1.165) is 17.0 Å². The third kappa shape index (κ3) is 2.68. The molecule has 128 valence electrons. The van der Waals surface area contributed by atoms with Crippen molar-refractivity contribution in [2.45, 2.75) is 6.04 Å². The van der Waals surface area contributed by atoms with Crippen LogP contribution in [0.2, 0.25) is 0 Å². The van der Waals surface area contributed by atoms with E-state index >= 15 is 0 Å². The number of likely N-dealkylation sites (N-methyl/N-ethyl adjacent to an activating group) is 1.